The predicted octanol–water partition coefficient (Wildman–Crippen LogP) is 2.13. The van der Waals surface area contributed by atoms with Gasteiger partial charge in [-0.1, -0.05) is 25.3 Å². The van der Waals surface area contributed by atoms with Crippen LogP contribution < -0.4 is 19.5 Å². The number of carbonyl (C=O) groups is 1. The lowest BCUT2D eigenvalue weighted by molar-refractivity contribution is 0.0588. The van der Waals surface area contributed by atoms with Crippen molar-refractivity contribution in [3.8, 4) is 5.75 Å². The summed E-state index contributed by atoms with van der Waals surface area (Å²) in [6, 6.07) is 2.02. The van der Waals surface area contributed by atoms with E-state index in [4.69, 9.17) is 9.47 Å². The van der Waals surface area contributed by atoms with Gasteiger partial charge in [-0.15, -0.1) is 0 Å². The summed E-state index contributed by atoms with van der Waals surface area (Å²) < 4.78 is 14.0. The highest BCUT2D eigenvalue weighted by Crippen LogP contribution is 2.30. The maximum absolute atomic E-state index is 13.5. The Balaban J connectivity index is 2.21. The van der Waals surface area contributed by atoms with E-state index in [2.05, 4.69) is 21.8 Å². The molecule has 2 aromatic heterocycles. The van der Waals surface area contributed by atoms with Crippen molar-refractivity contribution in [1.29, 1.82) is 0 Å². The molecule has 0 radical (unpaired) electrons. The van der Waals surface area contributed by atoms with Crippen molar-refractivity contribution in [1.82, 2.24) is 14.3 Å². The Morgan fingerprint density at radius 3 is 2.61 bits per heavy atom. The van der Waals surface area contributed by atoms with Crippen LogP contribution in [0, 0.1) is 0 Å². The molecule has 9 nitrogen and oxygen atoms in total. The van der Waals surface area contributed by atoms with Gasteiger partial charge in [0, 0.05) is 45.7 Å². The number of anilines is 2. The molecule has 3 rings (SSSR count). The number of rotatable bonds is 8. The van der Waals surface area contributed by atoms with Gasteiger partial charge in [-0.3, -0.25) is 9.20 Å². The number of esters is 1. The summed E-state index contributed by atoms with van der Waals surface area (Å²) in [5.74, 6) is -0.752. The minimum absolute atomic E-state index is 0.0638. The molecule has 0 spiro atoms. The van der Waals surface area contributed by atoms with Crippen LogP contribution in [0.3, 0.4) is 0 Å². The molecule has 10 heteroatoms. The Morgan fingerprint density at radius 2 is 2.00 bits per heavy atom. The second-order valence-electron chi connectivity index (χ2n) is 7.54. The molecule has 2 aromatic rings. The van der Waals surface area contributed by atoms with E-state index in [-0.39, 0.29) is 11.4 Å². The zero-order valence-corrected chi connectivity index (χ0v) is 19.7. The molecular weight excluding hydrogens is 418 g/mol. The van der Waals surface area contributed by atoms with Gasteiger partial charge < -0.3 is 23.6 Å². The zero-order chi connectivity index (χ0) is 22.5. The molecule has 0 N–H and O–H groups in total. The van der Waals surface area contributed by atoms with Crippen LogP contribution in [-0.4, -0.2) is 80.5 Å². The number of nitrogens with zero attached hydrogens (tertiary/aromatic N) is 5. The van der Waals surface area contributed by atoms with Gasteiger partial charge in [-0.25, -0.2) is 9.78 Å². The Kier molecular flexibility index (Phi) is 7.66. The second kappa shape index (κ2) is 10.2. The van der Waals surface area contributed by atoms with Crippen LogP contribution in [0.25, 0.3) is 5.65 Å². The van der Waals surface area contributed by atoms with Crippen LogP contribution in [0.15, 0.2) is 17.1 Å². The molecule has 170 valence electrons. The third kappa shape index (κ3) is 4.90. The zero-order valence-electron chi connectivity index (χ0n) is 18.9. The number of methoxy groups -OCH3 is 1. The van der Waals surface area contributed by atoms with Crippen molar-refractivity contribution in [3.05, 3.63) is 28.3 Å². The highest BCUT2D eigenvalue weighted by atomic mass is 32.2. The Labute approximate surface area is 187 Å². The lowest BCUT2D eigenvalue weighted by Crippen LogP contribution is -2.44. The first-order chi connectivity index (χ1) is 14.9. The topological polar surface area (TPSA) is 79.6 Å². The van der Waals surface area contributed by atoms with Gasteiger partial charge >= 0.3 is 11.5 Å². The van der Waals surface area contributed by atoms with Gasteiger partial charge in [-0.2, -0.15) is 0 Å². The first kappa shape index (κ1) is 23.2. The van der Waals surface area contributed by atoms with E-state index in [0.29, 0.717) is 12.3 Å². The van der Waals surface area contributed by atoms with E-state index >= 15 is 0 Å². The second-order valence-corrected chi connectivity index (χ2v) is 8.45. The normalized spacial score (nSPS) is 14.7. The summed E-state index contributed by atoms with van der Waals surface area (Å²) in [6.07, 6.45) is 5.42. The summed E-state index contributed by atoms with van der Waals surface area (Å²) in [4.78, 5) is 34.9. The molecule has 1 aliphatic rings. The molecule has 0 aromatic carbocycles. The molecule has 31 heavy (non-hydrogen) atoms. The summed E-state index contributed by atoms with van der Waals surface area (Å²) in [6.45, 7) is 6.00. The fourth-order valence-electron chi connectivity index (χ4n) is 3.44. The van der Waals surface area contributed by atoms with Crippen molar-refractivity contribution >= 4 is 34.9 Å². The molecule has 0 saturated carbocycles. The van der Waals surface area contributed by atoms with Gasteiger partial charge in [0.2, 0.25) is 5.75 Å². The smallest absolute Gasteiger partial charge is 0.360 e. The monoisotopic (exact) mass is 449 g/mol. The Bertz CT molecular complexity index is 988. The summed E-state index contributed by atoms with van der Waals surface area (Å²) in [7, 11) is 5.28. The highest BCUT2D eigenvalue weighted by molar-refractivity contribution is 7.99. The lowest BCUT2D eigenvalue weighted by atomic mass is 10.2. The third-order valence-corrected chi connectivity index (χ3v) is 6.20. The summed E-state index contributed by atoms with van der Waals surface area (Å²) >= 11 is 1.50. The van der Waals surface area contributed by atoms with E-state index in [9.17, 15) is 9.59 Å². The maximum Gasteiger partial charge on any atom is 0.360 e. The molecule has 0 amide bonds. The third-order valence-electron chi connectivity index (χ3n) is 5.45. The number of pyridine rings is 1. The number of fused-ring (bicyclic) bond motifs is 1. The molecule has 0 aliphatic carbocycles. The van der Waals surface area contributed by atoms with Crippen LogP contribution >= 0.6 is 11.9 Å². The highest BCUT2D eigenvalue weighted by Gasteiger charge is 2.25. The standard InChI is InChI=1S/C21H31N5O4S/c1-6-7-12-30-18-17(21(28)29-4)22-19-16(24(3)31-5)13-15(14-26(19)20(18)27)25-10-8-23(2)9-11-25/h13-14H,6-12H2,1-5H3. The van der Waals surface area contributed by atoms with Crippen LogP contribution in [0.4, 0.5) is 11.4 Å². The molecule has 0 atom stereocenters. The molecule has 0 unspecified atom stereocenters. The largest absolute Gasteiger partial charge is 0.486 e. The average Bonchev–Trinajstić information content (AvgIpc) is 2.79. The molecule has 0 bridgehead atoms. The summed E-state index contributed by atoms with van der Waals surface area (Å²) in [5.41, 5.74) is 1.57. The molecule has 3 heterocycles. The number of hydrogen-bond acceptors (Lipinski definition) is 9. The SMILES string of the molecule is CCCCOc1c(C(=O)OC)nc2c(N(C)SC)cc(N3CCN(C)CC3)cn2c1=O. The first-order valence-electron chi connectivity index (χ1n) is 10.4. The van der Waals surface area contributed by atoms with Crippen molar-refractivity contribution in [2.45, 2.75) is 19.8 Å². The molecule has 1 saturated heterocycles. The van der Waals surface area contributed by atoms with Gasteiger partial charge in [0.25, 0.3) is 0 Å². The number of ether oxygens (including phenoxy) is 2. The van der Waals surface area contributed by atoms with Crippen LogP contribution in [0.5, 0.6) is 5.75 Å². The van der Waals surface area contributed by atoms with Crippen molar-refractivity contribution in [2.75, 3.05) is 69.5 Å². The van der Waals surface area contributed by atoms with Gasteiger partial charge in [0.05, 0.1) is 25.1 Å². The van der Waals surface area contributed by atoms with E-state index in [1.165, 1.54) is 23.5 Å². The number of hydrogen-bond donors (Lipinski definition) is 0. The van der Waals surface area contributed by atoms with Crippen LogP contribution in [0.2, 0.25) is 0 Å². The lowest BCUT2D eigenvalue weighted by Gasteiger charge is -2.34. The summed E-state index contributed by atoms with van der Waals surface area (Å²) in [5, 5.41) is 0. The van der Waals surface area contributed by atoms with Crippen molar-refractivity contribution < 1.29 is 14.3 Å². The minimum Gasteiger partial charge on any atom is -0.486 e. The van der Waals surface area contributed by atoms with Gasteiger partial charge in [-0.05, 0) is 19.5 Å². The fraction of sp³-hybridized carbons (Fsp3) is 0.571. The maximum atomic E-state index is 13.5. The first-order valence-corrected chi connectivity index (χ1v) is 11.6. The van der Waals surface area contributed by atoms with E-state index in [0.717, 1.165) is 50.4 Å². The number of aromatic nitrogens is 2. The van der Waals surface area contributed by atoms with Crippen molar-refractivity contribution in [2.24, 2.45) is 0 Å². The number of unbranched alkanes of at least 4 members (excludes halogenated alkanes) is 1. The Hall–Kier alpha value is -2.46. The molecular formula is C21H31N5O4S. The van der Waals surface area contributed by atoms with E-state index in [1.54, 1.807) is 6.20 Å². The van der Waals surface area contributed by atoms with Gasteiger partial charge in [0.15, 0.2) is 11.3 Å². The van der Waals surface area contributed by atoms with E-state index < -0.39 is 11.5 Å². The van der Waals surface area contributed by atoms with Gasteiger partial charge in [0.1, 0.15) is 0 Å². The molecule has 1 fully saturated rings. The Morgan fingerprint density at radius 1 is 1.29 bits per heavy atom. The molecule has 1 aliphatic heterocycles. The number of carbonyl (C=O) groups excluding carboxylic acids is 1. The van der Waals surface area contributed by atoms with Crippen molar-refractivity contribution in [3.63, 3.8) is 0 Å². The fourth-order valence-corrected chi connectivity index (χ4v) is 3.77. The minimum atomic E-state index is -0.688. The number of likely N-dealkylation sites (N-methyl/N-ethyl adjacent to an activating group) is 1. The van der Waals surface area contributed by atoms with E-state index in [1.807, 2.05) is 30.6 Å². The average molecular weight is 450 g/mol. The predicted molar refractivity (Wildman–Crippen MR) is 125 cm³/mol. The van der Waals surface area contributed by atoms with Crippen LogP contribution in [-0.2, 0) is 4.74 Å². The van der Waals surface area contributed by atoms with Crippen LogP contribution in [0.1, 0.15) is 30.3 Å². The number of piperazine rings is 1. The quantitative estimate of drug-likeness (QED) is 0.342.